The monoisotopic (exact) mass is 291 g/mol. The fourth-order valence-electron chi connectivity index (χ4n) is 3.43. The average Bonchev–Trinajstić information content (AvgIpc) is 2.47. The Labute approximate surface area is 128 Å². The van der Waals surface area contributed by atoms with Gasteiger partial charge in [-0.3, -0.25) is 4.90 Å². The second-order valence-corrected chi connectivity index (χ2v) is 6.30. The molecule has 0 saturated carbocycles. The lowest BCUT2D eigenvalue weighted by atomic mass is 9.95. The number of nitrogens with two attached hydrogens (primary N) is 1. The molecule has 1 heterocycles. The maximum absolute atomic E-state index is 6.31. The van der Waals surface area contributed by atoms with Crippen LogP contribution in [0, 0.1) is 0 Å². The molecule has 0 aromatic heterocycles. The molecule has 1 aromatic carbocycles. The second-order valence-electron chi connectivity index (χ2n) is 6.30. The smallest absolute Gasteiger partial charge is 0.119 e. The second kappa shape index (κ2) is 7.25. The van der Waals surface area contributed by atoms with Crippen LogP contribution in [0.2, 0.25) is 0 Å². The summed E-state index contributed by atoms with van der Waals surface area (Å²) in [5.41, 5.74) is 7.54. The first-order valence-corrected chi connectivity index (χ1v) is 7.83. The number of hydrogen-bond donors (Lipinski definition) is 1. The summed E-state index contributed by atoms with van der Waals surface area (Å²) in [6.07, 6.45) is 2.50. The van der Waals surface area contributed by atoms with Crippen molar-refractivity contribution in [1.82, 2.24) is 9.80 Å². The lowest BCUT2D eigenvalue weighted by molar-refractivity contribution is 0.0892. The molecule has 0 amide bonds. The van der Waals surface area contributed by atoms with Crippen LogP contribution in [-0.4, -0.2) is 56.2 Å². The third-order valence-corrected chi connectivity index (χ3v) is 4.55. The van der Waals surface area contributed by atoms with Gasteiger partial charge in [-0.1, -0.05) is 12.1 Å². The molecule has 3 atom stereocenters. The zero-order valence-electron chi connectivity index (χ0n) is 13.7. The van der Waals surface area contributed by atoms with Crippen LogP contribution in [0.1, 0.15) is 31.4 Å². The Hall–Kier alpha value is -1.10. The Morgan fingerprint density at radius 1 is 1.43 bits per heavy atom. The maximum atomic E-state index is 6.31. The number of piperidine rings is 1. The van der Waals surface area contributed by atoms with Crippen LogP contribution < -0.4 is 10.5 Å². The Bertz CT molecular complexity index is 449. The molecule has 3 unspecified atom stereocenters. The van der Waals surface area contributed by atoms with Gasteiger partial charge in [-0.15, -0.1) is 0 Å². The van der Waals surface area contributed by atoms with Crippen molar-refractivity contribution < 1.29 is 4.74 Å². The normalized spacial score (nSPS) is 23.0. The highest BCUT2D eigenvalue weighted by molar-refractivity contribution is 5.31. The molecule has 1 aromatic rings. The summed E-state index contributed by atoms with van der Waals surface area (Å²) in [6.45, 7) is 4.41. The van der Waals surface area contributed by atoms with Crippen LogP contribution >= 0.6 is 0 Å². The van der Waals surface area contributed by atoms with Crippen molar-refractivity contribution in [2.75, 3.05) is 34.3 Å². The summed E-state index contributed by atoms with van der Waals surface area (Å²) in [5, 5.41) is 0. The average molecular weight is 291 g/mol. The van der Waals surface area contributed by atoms with Crippen LogP contribution in [0.25, 0.3) is 0 Å². The topological polar surface area (TPSA) is 41.7 Å². The highest BCUT2D eigenvalue weighted by Gasteiger charge is 2.29. The van der Waals surface area contributed by atoms with E-state index in [2.05, 4.69) is 43.0 Å². The summed E-state index contributed by atoms with van der Waals surface area (Å²) < 4.78 is 5.36. The lowest BCUT2D eigenvalue weighted by Gasteiger charge is -2.41. The standard InChI is InChI=1S/C17H29N3O/c1-13(18)17(14-7-5-9-16(11-14)21-4)20(3)15-8-6-10-19(2)12-15/h5,7,9,11,13,15,17H,6,8,10,12,18H2,1-4H3. The molecule has 1 aliphatic heterocycles. The number of likely N-dealkylation sites (N-methyl/N-ethyl adjacent to an activating group) is 2. The molecule has 1 aliphatic rings. The molecule has 2 rings (SSSR count). The van der Waals surface area contributed by atoms with Crippen molar-refractivity contribution in [2.45, 2.75) is 37.9 Å². The molecular weight excluding hydrogens is 262 g/mol. The van der Waals surface area contributed by atoms with Crippen molar-refractivity contribution in [2.24, 2.45) is 5.73 Å². The first-order valence-electron chi connectivity index (χ1n) is 7.83. The van der Waals surface area contributed by atoms with Crippen LogP contribution in [0.3, 0.4) is 0 Å². The molecular formula is C17H29N3O. The molecule has 4 nitrogen and oxygen atoms in total. The minimum absolute atomic E-state index is 0.0781. The molecule has 0 spiro atoms. The first kappa shape index (κ1) is 16.3. The number of rotatable bonds is 5. The molecule has 1 fully saturated rings. The summed E-state index contributed by atoms with van der Waals surface area (Å²) in [7, 11) is 6.11. The number of ether oxygens (including phenoxy) is 1. The first-order chi connectivity index (χ1) is 10.0. The van der Waals surface area contributed by atoms with Gasteiger partial charge < -0.3 is 15.4 Å². The van der Waals surface area contributed by atoms with Crippen LogP contribution in [0.5, 0.6) is 5.75 Å². The van der Waals surface area contributed by atoms with Gasteiger partial charge in [-0.2, -0.15) is 0 Å². The number of nitrogens with zero attached hydrogens (tertiary/aromatic N) is 2. The zero-order valence-corrected chi connectivity index (χ0v) is 13.7. The SMILES string of the molecule is COc1cccc(C(C(C)N)N(C)C2CCCN(C)C2)c1. The van der Waals surface area contributed by atoms with Gasteiger partial charge in [0.25, 0.3) is 0 Å². The van der Waals surface area contributed by atoms with Gasteiger partial charge in [0.15, 0.2) is 0 Å². The van der Waals surface area contributed by atoms with E-state index in [4.69, 9.17) is 10.5 Å². The van der Waals surface area contributed by atoms with Gasteiger partial charge in [-0.05, 0) is 58.1 Å². The fourth-order valence-corrected chi connectivity index (χ4v) is 3.43. The minimum atomic E-state index is 0.0781. The summed E-state index contributed by atoms with van der Waals surface area (Å²) in [6, 6.07) is 9.15. The maximum Gasteiger partial charge on any atom is 0.119 e. The van der Waals surface area contributed by atoms with Gasteiger partial charge >= 0.3 is 0 Å². The Balaban J connectivity index is 2.21. The van der Waals surface area contributed by atoms with Gasteiger partial charge in [0.05, 0.1) is 7.11 Å². The predicted molar refractivity (Wildman–Crippen MR) is 87.7 cm³/mol. The molecule has 2 N–H and O–H groups in total. The molecule has 4 heteroatoms. The van der Waals surface area contributed by atoms with Crippen molar-refractivity contribution in [3.8, 4) is 5.75 Å². The quantitative estimate of drug-likeness (QED) is 0.902. The third kappa shape index (κ3) is 3.96. The highest BCUT2D eigenvalue weighted by atomic mass is 16.5. The summed E-state index contributed by atoms with van der Waals surface area (Å²) >= 11 is 0. The molecule has 0 radical (unpaired) electrons. The predicted octanol–water partition coefficient (Wildman–Crippen LogP) is 2.11. The number of hydrogen-bond acceptors (Lipinski definition) is 4. The van der Waals surface area contributed by atoms with E-state index in [1.54, 1.807) is 7.11 Å². The largest absolute Gasteiger partial charge is 0.497 e. The van der Waals surface area contributed by atoms with E-state index in [1.165, 1.54) is 24.9 Å². The van der Waals surface area contributed by atoms with Crippen molar-refractivity contribution in [3.63, 3.8) is 0 Å². The number of benzene rings is 1. The van der Waals surface area contributed by atoms with Gasteiger partial charge in [-0.25, -0.2) is 0 Å². The van der Waals surface area contributed by atoms with Crippen LogP contribution in [0.15, 0.2) is 24.3 Å². The third-order valence-electron chi connectivity index (χ3n) is 4.55. The fraction of sp³-hybridized carbons (Fsp3) is 0.647. The van der Waals surface area contributed by atoms with E-state index in [-0.39, 0.29) is 12.1 Å². The molecule has 0 aliphatic carbocycles. The summed E-state index contributed by atoms with van der Waals surface area (Å²) in [4.78, 5) is 4.86. The lowest BCUT2D eigenvalue weighted by Crippen LogP contribution is -2.49. The van der Waals surface area contributed by atoms with E-state index in [0.29, 0.717) is 6.04 Å². The van der Waals surface area contributed by atoms with E-state index in [0.717, 1.165) is 12.3 Å². The highest BCUT2D eigenvalue weighted by Crippen LogP contribution is 2.29. The Morgan fingerprint density at radius 2 is 2.19 bits per heavy atom. The Kier molecular flexibility index (Phi) is 5.62. The zero-order chi connectivity index (χ0) is 15.4. The number of methoxy groups -OCH3 is 1. The van der Waals surface area contributed by atoms with Gasteiger partial charge in [0.2, 0.25) is 0 Å². The molecule has 1 saturated heterocycles. The van der Waals surface area contributed by atoms with Crippen LogP contribution in [-0.2, 0) is 0 Å². The van der Waals surface area contributed by atoms with Crippen molar-refractivity contribution >= 4 is 0 Å². The van der Waals surface area contributed by atoms with Crippen molar-refractivity contribution in [3.05, 3.63) is 29.8 Å². The van der Waals surface area contributed by atoms with Crippen LogP contribution in [0.4, 0.5) is 0 Å². The van der Waals surface area contributed by atoms with Gasteiger partial charge in [0, 0.05) is 24.7 Å². The number of likely N-dealkylation sites (tertiary alicyclic amines) is 1. The molecule has 21 heavy (non-hydrogen) atoms. The Morgan fingerprint density at radius 3 is 2.81 bits per heavy atom. The van der Waals surface area contributed by atoms with E-state index < -0.39 is 0 Å². The summed E-state index contributed by atoms with van der Waals surface area (Å²) in [5.74, 6) is 0.896. The molecule has 118 valence electrons. The van der Waals surface area contributed by atoms with E-state index in [9.17, 15) is 0 Å². The molecule has 0 bridgehead atoms. The van der Waals surface area contributed by atoms with Crippen molar-refractivity contribution in [1.29, 1.82) is 0 Å². The minimum Gasteiger partial charge on any atom is -0.497 e. The van der Waals surface area contributed by atoms with E-state index in [1.807, 2.05) is 12.1 Å². The van der Waals surface area contributed by atoms with E-state index >= 15 is 0 Å². The van der Waals surface area contributed by atoms with Gasteiger partial charge in [0.1, 0.15) is 5.75 Å².